The Bertz CT molecular complexity index is 922. The van der Waals surface area contributed by atoms with Gasteiger partial charge in [0.25, 0.3) is 11.6 Å². The molecule has 1 aliphatic rings. The van der Waals surface area contributed by atoms with E-state index in [0.717, 1.165) is 17.6 Å². The zero-order valence-corrected chi connectivity index (χ0v) is 18.3. The first kappa shape index (κ1) is 23.4. The van der Waals surface area contributed by atoms with E-state index in [1.807, 2.05) is 0 Å². The SMILES string of the molecule is Cc1nc2nc(C(F)(F)F)nn2c(C)c1CCC(=O)NCC(C(C)C)N1CCOCC1. The molecule has 31 heavy (non-hydrogen) atoms. The molecule has 0 radical (unpaired) electrons. The molecular formula is C20H29F3N6O2. The molecule has 2 aromatic heterocycles. The van der Waals surface area contributed by atoms with Gasteiger partial charge in [-0.25, -0.2) is 9.50 Å². The number of aromatic nitrogens is 4. The molecule has 1 unspecified atom stereocenters. The first-order chi connectivity index (χ1) is 14.6. The highest BCUT2D eigenvalue weighted by atomic mass is 19.4. The highest BCUT2D eigenvalue weighted by molar-refractivity contribution is 5.76. The lowest BCUT2D eigenvalue weighted by molar-refractivity contribution is -0.144. The van der Waals surface area contributed by atoms with Gasteiger partial charge in [-0.1, -0.05) is 13.8 Å². The van der Waals surface area contributed by atoms with Gasteiger partial charge in [-0.2, -0.15) is 18.2 Å². The molecular weight excluding hydrogens is 413 g/mol. The number of amides is 1. The molecule has 1 amide bonds. The number of fused-ring (bicyclic) bond motifs is 1. The molecule has 11 heteroatoms. The Morgan fingerprint density at radius 2 is 1.87 bits per heavy atom. The van der Waals surface area contributed by atoms with E-state index < -0.39 is 12.0 Å². The van der Waals surface area contributed by atoms with E-state index in [-0.39, 0.29) is 24.1 Å². The van der Waals surface area contributed by atoms with Crippen molar-refractivity contribution in [1.29, 1.82) is 0 Å². The van der Waals surface area contributed by atoms with Crippen LogP contribution in [0.15, 0.2) is 0 Å². The van der Waals surface area contributed by atoms with Crippen LogP contribution in [-0.4, -0.2) is 69.3 Å². The van der Waals surface area contributed by atoms with E-state index in [1.54, 1.807) is 13.8 Å². The van der Waals surface area contributed by atoms with Crippen LogP contribution in [0.5, 0.6) is 0 Å². The van der Waals surface area contributed by atoms with Crippen LogP contribution in [0.2, 0.25) is 0 Å². The summed E-state index contributed by atoms with van der Waals surface area (Å²) in [5.41, 5.74) is 1.76. The molecule has 3 heterocycles. The molecule has 1 atom stereocenters. The molecule has 0 saturated carbocycles. The van der Waals surface area contributed by atoms with Gasteiger partial charge in [-0.3, -0.25) is 9.69 Å². The number of carbonyl (C=O) groups excluding carboxylic acids is 1. The number of nitrogens with one attached hydrogen (secondary N) is 1. The molecule has 1 fully saturated rings. The fourth-order valence-corrected chi connectivity index (χ4v) is 3.93. The van der Waals surface area contributed by atoms with Crippen molar-refractivity contribution in [3.63, 3.8) is 0 Å². The zero-order valence-electron chi connectivity index (χ0n) is 18.3. The monoisotopic (exact) mass is 442 g/mol. The lowest BCUT2D eigenvalue weighted by atomic mass is 10.0. The number of nitrogens with zero attached hydrogens (tertiary/aromatic N) is 5. The summed E-state index contributed by atoms with van der Waals surface area (Å²) in [6, 6.07) is 0.227. The number of alkyl halides is 3. The summed E-state index contributed by atoms with van der Waals surface area (Å²) in [5, 5.41) is 6.55. The molecule has 8 nitrogen and oxygen atoms in total. The lowest BCUT2D eigenvalue weighted by Crippen LogP contribution is -2.51. The van der Waals surface area contributed by atoms with Crippen molar-refractivity contribution in [2.75, 3.05) is 32.8 Å². The first-order valence-electron chi connectivity index (χ1n) is 10.5. The van der Waals surface area contributed by atoms with Gasteiger partial charge < -0.3 is 10.1 Å². The first-order valence-corrected chi connectivity index (χ1v) is 10.5. The van der Waals surface area contributed by atoms with E-state index in [9.17, 15) is 18.0 Å². The van der Waals surface area contributed by atoms with Gasteiger partial charge >= 0.3 is 6.18 Å². The summed E-state index contributed by atoms with van der Waals surface area (Å²) < 4.78 is 45.3. The largest absolute Gasteiger partial charge is 0.453 e. The maximum absolute atomic E-state index is 12.9. The smallest absolute Gasteiger partial charge is 0.379 e. The molecule has 0 spiro atoms. The number of morpholine rings is 1. The number of ether oxygens (including phenoxy) is 1. The Morgan fingerprint density at radius 1 is 1.19 bits per heavy atom. The van der Waals surface area contributed by atoms with Crippen LogP contribution in [0.3, 0.4) is 0 Å². The predicted octanol–water partition coefficient (Wildman–Crippen LogP) is 2.17. The second kappa shape index (κ2) is 9.47. The Hall–Kier alpha value is -2.27. The average Bonchev–Trinajstić information content (AvgIpc) is 3.13. The quantitative estimate of drug-likeness (QED) is 0.708. The number of hydrogen-bond donors (Lipinski definition) is 1. The van der Waals surface area contributed by atoms with E-state index in [2.05, 4.69) is 39.1 Å². The Labute approximate surface area is 179 Å². The highest BCUT2D eigenvalue weighted by Gasteiger charge is 2.37. The van der Waals surface area contributed by atoms with Crippen LogP contribution in [0.1, 0.15) is 43.0 Å². The summed E-state index contributed by atoms with van der Waals surface area (Å²) in [5.74, 6) is -1.04. The molecule has 0 bridgehead atoms. The second-order valence-electron chi connectivity index (χ2n) is 8.17. The fourth-order valence-electron chi connectivity index (χ4n) is 3.93. The maximum atomic E-state index is 12.9. The van der Waals surface area contributed by atoms with Crippen molar-refractivity contribution in [2.24, 2.45) is 5.92 Å². The fraction of sp³-hybridized carbons (Fsp3) is 0.700. The van der Waals surface area contributed by atoms with E-state index in [0.29, 0.717) is 49.0 Å². The highest BCUT2D eigenvalue weighted by Crippen LogP contribution is 2.27. The third-order valence-electron chi connectivity index (χ3n) is 5.70. The lowest BCUT2D eigenvalue weighted by Gasteiger charge is -2.36. The number of rotatable bonds is 7. The van der Waals surface area contributed by atoms with Crippen molar-refractivity contribution in [3.05, 3.63) is 22.8 Å². The minimum atomic E-state index is -4.64. The van der Waals surface area contributed by atoms with Gasteiger partial charge in [-0.15, -0.1) is 5.10 Å². The minimum absolute atomic E-state index is 0.0965. The Balaban J connectivity index is 1.64. The number of carbonyl (C=O) groups is 1. The van der Waals surface area contributed by atoms with Crippen molar-refractivity contribution in [2.45, 2.75) is 52.8 Å². The molecule has 1 aliphatic heterocycles. The van der Waals surface area contributed by atoms with Crippen molar-refractivity contribution >= 4 is 11.7 Å². The van der Waals surface area contributed by atoms with Crippen LogP contribution >= 0.6 is 0 Å². The van der Waals surface area contributed by atoms with E-state index in [4.69, 9.17) is 4.74 Å². The standard InChI is InChI=1S/C20H29F3N6O2/c1-12(2)16(28-7-9-31-10-8-28)11-24-17(30)6-5-15-13(3)25-19-26-18(20(21,22)23)27-29(19)14(15)4/h12,16H,5-11H2,1-4H3,(H,24,30). The summed E-state index contributed by atoms with van der Waals surface area (Å²) in [6.45, 7) is 11.3. The molecule has 1 N–H and O–H groups in total. The molecule has 0 aromatic carbocycles. The maximum Gasteiger partial charge on any atom is 0.453 e. The van der Waals surface area contributed by atoms with Crippen molar-refractivity contribution < 1.29 is 22.7 Å². The minimum Gasteiger partial charge on any atom is -0.379 e. The van der Waals surface area contributed by atoms with Gasteiger partial charge in [0.1, 0.15) is 0 Å². The third kappa shape index (κ3) is 5.51. The van der Waals surface area contributed by atoms with Crippen molar-refractivity contribution in [3.8, 4) is 0 Å². The van der Waals surface area contributed by atoms with E-state index in [1.165, 1.54) is 0 Å². The normalized spacial score (nSPS) is 16.8. The van der Waals surface area contributed by atoms with Gasteiger partial charge in [0, 0.05) is 43.5 Å². The van der Waals surface area contributed by atoms with Crippen LogP contribution in [0, 0.1) is 19.8 Å². The molecule has 3 rings (SSSR count). The van der Waals surface area contributed by atoms with Crippen molar-refractivity contribution in [1.82, 2.24) is 29.8 Å². The second-order valence-corrected chi connectivity index (χ2v) is 8.17. The predicted molar refractivity (Wildman–Crippen MR) is 108 cm³/mol. The Kier molecular flexibility index (Phi) is 7.15. The van der Waals surface area contributed by atoms with Gasteiger partial charge in [-0.05, 0) is 31.7 Å². The number of aryl methyl sites for hydroxylation is 2. The molecule has 2 aromatic rings. The summed E-state index contributed by atoms with van der Waals surface area (Å²) in [7, 11) is 0. The van der Waals surface area contributed by atoms with Crippen LogP contribution in [0.25, 0.3) is 5.78 Å². The Morgan fingerprint density at radius 3 is 2.48 bits per heavy atom. The molecule has 1 saturated heterocycles. The molecule has 172 valence electrons. The summed E-state index contributed by atoms with van der Waals surface area (Å²) in [4.78, 5) is 22.4. The van der Waals surface area contributed by atoms with Crippen LogP contribution in [0.4, 0.5) is 13.2 Å². The van der Waals surface area contributed by atoms with Crippen LogP contribution < -0.4 is 5.32 Å². The summed E-state index contributed by atoms with van der Waals surface area (Å²) in [6.07, 6.45) is -4.07. The third-order valence-corrected chi connectivity index (χ3v) is 5.70. The van der Waals surface area contributed by atoms with Gasteiger partial charge in [0.2, 0.25) is 5.91 Å². The molecule has 0 aliphatic carbocycles. The zero-order chi connectivity index (χ0) is 22.8. The number of hydrogen-bond acceptors (Lipinski definition) is 6. The topological polar surface area (TPSA) is 84.6 Å². The van der Waals surface area contributed by atoms with Crippen LogP contribution in [-0.2, 0) is 22.1 Å². The van der Waals surface area contributed by atoms with E-state index >= 15 is 0 Å². The average molecular weight is 442 g/mol. The summed E-state index contributed by atoms with van der Waals surface area (Å²) >= 11 is 0. The van der Waals surface area contributed by atoms with Gasteiger partial charge in [0.15, 0.2) is 0 Å². The number of halogens is 3. The van der Waals surface area contributed by atoms with Gasteiger partial charge in [0.05, 0.1) is 13.2 Å².